The van der Waals surface area contributed by atoms with Crippen LogP contribution in [0.2, 0.25) is 5.02 Å². The number of urea groups is 1. The van der Waals surface area contributed by atoms with Gasteiger partial charge in [0.05, 0.1) is 16.8 Å². The number of aryl methyl sites for hydroxylation is 1. The maximum Gasteiger partial charge on any atom is 0.335 e. The van der Waals surface area contributed by atoms with Crippen molar-refractivity contribution in [2.24, 2.45) is 0 Å². The normalized spacial score (nSPS) is 14.3. The molecule has 0 saturated carbocycles. The summed E-state index contributed by atoms with van der Waals surface area (Å²) in [5.41, 5.74) is 2.07. The van der Waals surface area contributed by atoms with Crippen LogP contribution < -0.4 is 25.0 Å². The zero-order valence-electron chi connectivity index (χ0n) is 20.9. The average molecular weight is 613 g/mol. The highest BCUT2D eigenvalue weighted by atomic mass is 79.9. The summed E-state index contributed by atoms with van der Waals surface area (Å²) in [5, 5.41) is 5.38. The number of imide groups is 2. The van der Waals surface area contributed by atoms with E-state index in [-0.39, 0.29) is 41.9 Å². The number of nitrogens with one attached hydrogen (secondary N) is 2. The molecule has 1 aliphatic rings. The number of hydrogen-bond acceptors (Lipinski definition) is 6. The summed E-state index contributed by atoms with van der Waals surface area (Å²) < 4.78 is 11.9. The Morgan fingerprint density at radius 3 is 2.51 bits per heavy atom. The van der Waals surface area contributed by atoms with E-state index in [0.29, 0.717) is 20.7 Å². The van der Waals surface area contributed by atoms with Crippen LogP contribution in [0.25, 0.3) is 6.08 Å². The quantitative estimate of drug-likeness (QED) is 0.257. The van der Waals surface area contributed by atoms with Crippen molar-refractivity contribution in [2.45, 2.75) is 13.8 Å². The summed E-state index contributed by atoms with van der Waals surface area (Å²) in [5.74, 6) is -1.43. The van der Waals surface area contributed by atoms with Crippen LogP contribution in [0.4, 0.5) is 16.2 Å². The smallest absolute Gasteiger partial charge is 0.335 e. The standard InChI is InChI=1S/C28H23BrClN3O6/c1-3-38-23-14-17(13-22(29)25(23)39-15-24(34)31-19-6-4-5-16(2)11-19)12-21-26(35)32-28(37)33(27(21)36)20-9-7-18(30)8-10-20/h4-14H,3,15H2,1-2H3,(H,31,34)(H,32,35,37)/b21-12+. The Hall–Kier alpha value is -4.15. The molecule has 1 fully saturated rings. The van der Waals surface area contributed by atoms with Gasteiger partial charge in [0.25, 0.3) is 17.7 Å². The maximum absolute atomic E-state index is 13.2. The van der Waals surface area contributed by atoms with Crippen LogP contribution in [-0.4, -0.2) is 37.0 Å². The van der Waals surface area contributed by atoms with E-state index < -0.39 is 17.8 Å². The summed E-state index contributed by atoms with van der Waals surface area (Å²) in [6.07, 6.45) is 1.34. The lowest BCUT2D eigenvalue weighted by Gasteiger charge is -2.26. The van der Waals surface area contributed by atoms with Gasteiger partial charge in [-0.05, 0) is 95.5 Å². The molecule has 0 radical (unpaired) electrons. The van der Waals surface area contributed by atoms with Gasteiger partial charge in [0, 0.05) is 10.7 Å². The van der Waals surface area contributed by atoms with Crippen molar-refractivity contribution >= 4 is 68.7 Å². The third kappa shape index (κ3) is 6.65. The van der Waals surface area contributed by atoms with E-state index in [2.05, 4.69) is 26.6 Å². The van der Waals surface area contributed by atoms with Gasteiger partial charge in [-0.2, -0.15) is 0 Å². The monoisotopic (exact) mass is 611 g/mol. The molecule has 1 saturated heterocycles. The molecule has 0 spiro atoms. The number of anilines is 2. The molecular weight excluding hydrogens is 590 g/mol. The minimum Gasteiger partial charge on any atom is -0.490 e. The van der Waals surface area contributed by atoms with Crippen LogP contribution >= 0.6 is 27.5 Å². The number of rotatable bonds is 8. The number of benzene rings is 3. The number of nitrogens with zero attached hydrogens (tertiary/aromatic N) is 1. The Morgan fingerprint density at radius 2 is 1.82 bits per heavy atom. The third-order valence-electron chi connectivity index (χ3n) is 5.48. The highest BCUT2D eigenvalue weighted by Gasteiger charge is 2.36. The number of carbonyl (C=O) groups is 4. The van der Waals surface area contributed by atoms with E-state index in [1.54, 1.807) is 25.1 Å². The van der Waals surface area contributed by atoms with Crippen molar-refractivity contribution in [1.82, 2.24) is 5.32 Å². The van der Waals surface area contributed by atoms with Crippen molar-refractivity contribution in [3.05, 3.63) is 86.9 Å². The molecule has 200 valence electrons. The van der Waals surface area contributed by atoms with Gasteiger partial charge in [-0.3, -0.25) is 19.7 Å². The molecular formula is C28H23BrClN3O6. The summed E-state index contributed by atoms with van der Waals surface area (Å²) in [6.45, 7) is 3.70. The van der Waals surface area contributed by atoms with Crippen molar-refractivity contribution in [1.29, 1.82) is 0 Å². The highest BCUT2D eigenvalue weighted by molar-refractivity contribution is 9.10. The molecule has 3 aromatic carbocycles. The lowest BCUT2D eigenvalue weighted by molar-refractivity contribution is -0.122. The van der Waals surface area contributed by atoms with Gasteiger partial charge in [0.2, 0.25) is 0 Å². The van der Waals surface area contributed by atoms with E-state index in [9.17, 15) is 19.2 Å². The molecule has 9 nitrogen and oxygen atoms in total. The molecule has 0 atom stereocenters. The van der Waals surface area contributed by atoms with E-state index in [1.807, 2.05) is 25.1 Å². The van der Waals surface area contributed by atoms with Crippen LogP contribution in [0.3, 0.4) is 0 Å². The predicted octanol–water partition coefficient (Wildman–Crippen LogP) is 5.49. The number of halogens is 2. The molecule has 3 aromatic rings. The second-order valence-electron chi connectivity index (χ2n) is 8.40. The topological polar surface area (TPSA) is 114 Å². The molecule has 4 rings (SSSR count). The Kier molecular flexibility index (Phi) is 8.68. The Balaban J connectivity index is 1.58. The first kappa shape index (κ1) is 27.9. The van der Waals surface area contributed by atoms with Crippen LogP contribution in [-0.2, 0) is 14.4 Å². The largest absolute Gasteiger partial charge is 0.490 e. The fourth-order valence-corrected chi connectivity index (χ4v) is 4.48. The van der Waals surface area contributed by atoms with E-state index in [1.165, 1.54) is 30.3 Å². The lowest BCUT2D eigenvalue weighted by atomic mass is 10.1. The lowest BCUT2D eigenvalue weighted by Crippen LogP contribution is -2.54. The number of hydrogen-bond donors (Lipinski definition) is 2. The third-order valence-corrected chi connectivity index (χ3v) is 6.32. The van der Waals surface area contributed by atoms with Gasteiger partial charge in [0.15, 0.2) is 18.1 Å². The molecule has 0 unspecified atom stereocenters. The summed E-state index contributed by atoms with van der Waals surface area (Å²) >= 11 is 9.34. The molecule has 0 aliphatic carbocycles. The first-order chi connectivity index (χ1) is 18.7. The Bertz CT molecular complexity index is 1490. The van der Waals surface area contributed by atoms with E-state index in [4.69, 9.17) is 21.1 Å². The molecule has 1 aliphatic heterocycles. The molecule has 5 amide bonds. The van der Waals surface area contributed by atoms with Gasteiger partial charge in [0.1, 0.15) is 5.57 Å². The summed E-state index contributed by atoms with van der Waals surface area (Å²) in [4.78, 5) is 51.5. The summed E-state index contributed by atoms with van der Waals surface area (Å²) in [6, 6.07) is 15.7. The predicted molar refractivity (Wildman–Crippen MR) is 151 cm³/mol. The molecule has 1 heterocycles. The van der Waals surface area contributed by atoms with Gasteiger partial charge in [-0.25, -0.2) is 9.69 Å². The SMILES string of the molecule is CCOc1cc(/C=C2\C(=O)NC(=O)N(c3ccc(Cl)cc3)C2=O)cc(Br)c1OCC(=O)Nc1cccc(C)c1. The number of carbonyl (C=O) groups excluding carboxylic acids is 4. The fourth-order valence-electron chi connectivity index (χ4n) is 3.78. The number of amides is 5. The van der Waals surface area contributed by atoms with Gasteiger partial charge in [-0.15, -0.1) is 0 Å². The first-order valence-electron chi connectivity index (χ1n) is 11.8. The van der Waals surface area contributed by atoms with Crippen LogP contribution in [0, 0.1) is 6.92 Å². The highest BCUT2D eigenvalue weighted by Crippen LogP contribution is 2.38. The van der Waals surface area contributed by atoms with Crippen LogP contribution in [0.15, 0.2) is 70.7 Å². The minimum absolute atomic E-state index is 0.254. The van der Waals surface area contributed by atoms with Crippen LogP contribution in [0.5, 0.6) is 11.5 Å². The summed E-state index contributed by atoms with van der Waals surface area (Å²) in [7, 11) is 0. The Morgan fingerprint density at radius 1 is 1.08 bits per heavy atom. The van der Waals surface area contributed by atoms with Crippen molar-refractivity contribution in [2.75, 3.05) is 23.4 Å². The Labute approximate surface area is 237 Å². The minimum atomic E-state index is -0.867. The van der Waals surface area contributed by atoms with Crippen molar-refractivity contribution < 1.29 is 28.7 Å². The van der Waals surface area contributed by atoms with Crippen molar-refractivity contribution in [3.63, 3.8) is 0 Å². The number of barbiturate groups is 1. The first-order valence-corrected chi connectivity index (χ1v) is 13.0. The average Bonchev–Trinajstić information content (AvgIpc) is 2.87. The van der Waals surface area contributed by atoms with Crippen molar-refractivity contribution in [3.8, 4) is 11.5 Å². The second kappa shape index (κ2) is 12.1. The molecule has 11 heteroatoms. The van der Waals surface area contributed by atoms with E-state index in [0.717, 1.165) is 10.5 Å². The van der Waals surface area contributed by atoms with E-state index >= 15 is 0 Å². The maximum atomic E-state index is 13.2. The second-order valence-corrected chi connectivity index (χ2v) is 9.69. The molecule has 2 N–H and O–H groups in total. The van der Waals surface area contributed by atoms with Crippen LogP contribution in [0.1, 0.15) is 18.1 Å². The molecule has 0 bridgehead atoms. The van der Waals surface area contributed by atoms with Gasteiger partial charge in [-0.1, -0.05) is 23.7 Å². The molecule has 39 heavy (non-hydrogen) atoms. The van der Waals surface area contributed by atoms with Gasteiger partial charge >= 0.3 is 6.03 Å². The zero-order valence-corrected chi connectivity index (χ0v) is 23.3. The zero-order chi connectivity index (χ0) is 28.1. The van der Waals surface area contributed by atoms with Gasteiger partial charge < -0.3 is 14.8 Å². The molecule has 0 aromatic heterocycles. The fraction of sp³-hybridized carbons (Fsp3) is 0.143. The number of ether oxygens (including phenoxy) is 2.